The van der Waals surface area contributed by atoms with Gasteiger partial charge in [-0.2, -0.15) is 0 Å². The molecule has 0 radical (unpaired) electrons. The third-order valence-electron chi connectivity index (χ3n) is 4.86. The number of para-hydroxylation sites is 1. The van der Waals surface area contributed by atoms with Gasteiger partial charge in [0.25, 0.3) is 5.91 Å². The number of hydrogen-bond donors (Lipinski definition) is 1. The summed E-state index contributed by atoms with van der Waals surface area (Å²) in [6, 6.07) is 12.0. The molecule has 2 amide bonds. The third-order valence-corrected chi connectivity index (χ3v) is 5.75. The van der Waals surface area contributed by atoms with Gasteiger partial charge in [0.2, 0.25) is 5.91 Å². The van der Waals surface area contributed by atoms with Crippen molar-refractivity contribution in [3.63, 3.8) is 0 Å². The Morgan fingerprint density at radius 1 is 1.11 bits per heavy atom. The van der Waals surface area contributed by atoms with Gasteiger partial charge in [-0.15, -0.1) is 0 Å². The Morgan fingerprint density at radius 3 is 2.50 bits per heavy atom. The molecular weight excluding hydrogens is 472 g/mol. The lowest BCUT2D eigenvalue weighted by Gasteiger charge is -2.34. The highest BCUT2D eigenvalue weighted by Crippen LogP contribution is 2.18. The predicted molar refractivity (Wildman–Crippen MR) is 116 cm³/mol. The molecule has 1 fully saturated rings. The largest absolute Gasteiger partial charge is 0.336 e. The van der Waals surface area contributed by atoms with Gasteiger partial charge in [-0.3, -0.25) is 14.5 Å². The number of rotatable bonds is 5. The molecule has 1 saturated heterocycles. The molecular formula is C21H23FIN3O2. The van der Waals surface area contributed by atoms with Crippen molar-refractivity contribution < 1.29 is 14.0 Å². The molecule has 0 atom stereocenters. The highest BCUT2D eigenvalue weighted by molar-refractivity contribution is 14.1. The first-order valence-electron chi connectivity index (χ1n) is 9.32. The number of benzene rings is 2. The molecule has 3 rings (SSSR count). The second kappa shape index (κ2) is 9.47. The van der Waals surface area contributed by atoms with Crippen molar-refractivity contribution in [2.24, 2.45) is 0 Å². The van der Waals surface area contributed by atoms with E-state index in [0.29, 0.717) is 41.9 Å². The average molecular weight is 495 g/mol. The van der Waals surface area contributed by atoms with Gasteiger partial charge in [0.05, 0.1) is 12.1 Å². The van der Waals surface area contributed by atoms with Crippen LogP contribution in [0.15, 0.2) is 42.5 Å². The summed E-state index contributed by atoms with van der Waals surface area (Å²) in [5, 5.41) is 2.98. The van der Waals surface area contributed by atoms with E-state index in [1.807, 2.05) is 51.8 Å². The highest BCUT2D eigenvalue weighted by atomic mass is 127. The van der Waals surface area contributed by atoms with Crippen LogP contribution in [0, 0.1) is 9.39 Å². The van der Waals surface area contributed by atoms with Crippen LogP contribution in [0.3, 0.4) is 0 Å². The fourth-order valence-electron chi connectivity index (χ4n) is 3.29. The minimum Gasteiger partial charge on any atom is -0.336 e. The van der Waals surface area contributed by atoms with Crippen molar-refractivity contribution in [2.45, 2.75) is 13.3 Å². The maximum absolute atomic E-state index is 13.3. The molecule has 7 heteroatoms. The Labute approximate surface area is 178 Å². The Kier molecular flexibility index (Phi) is 7.01. The Morgan fingerprint density at radius 2 is 1.82 bits per heavy atom. The van der Waals surface area contributed by atoms with E-state index in [-0.39, 0.29) is 17.6 Å². The van der Waals surface area contributed by atoms with Gasteiger partial charge in [0.1, 0.15) is 5.82 Å². The van der Waals surface area contributed by atoms with Crippen LogP contribution >= 0.6 is 22.6 Å². The monoisotopic (exact) mass is 495 g/mol. The number of halogens is 2. The second-order valence-corrected chi connectivity index (χ2v) is 7.91. The van der Waals surface area contributed by atoms with Gasteiger partial charge in [0.15, 0.2) is 0 Å². The van der Waals surface area contributed by atoms with Gasteiger partial charge in [-0.1, -0.05) is 25.1 Å². The van der Waals surface area contributed by atoms with E-state index in [4.69, 9.17) is 0 Å². The first-order valence-corrected chi connectivity index (χ1v) is 10.4. The van der Waals surface area contributed by atoms with E-state index in [2.05, 4.69) is 12.2 Å². The predicted octanol–water partition coefficient (Wildman–Crippen LogP) is 3.39. The number of carbonyl (C=O) groups excluding carboxylic acids is 2. The molecule has 1 heterocycles. The van der Waals surface area contributed by atoms with Crippen LogP contribution in [-0.4, -0.2) is 54.3 Å². The number of amides is 2. The zero-order valence-electron chi connectivity index (χ0n) is 15.8. The lowest BCUT2D eigenvalue weighted by atomic mass is 10.1. The molecule has 28 heavy (non-hydrogen) atoms. The molecule has 0 bridgehead atoms. The summed E-state index contributed by atoms with van der Waals surface area (Å²) in [5.74, 6) is -0.486. The summed E-state index contributed by atoms with van der Waals surface area (Å²) in [7, 11) is 0. The van der Waals surface area contributed by atoms with Crippen LogP contribution in [-0.2, 0) is 11.2 Å². The maximum atomic E-state index is 13.3. The fraction of sp³-hybridized carbons (Fsp3) is 0.333. The van der Waals surface area contributed by atoms with Crippen LogP contribution in [0.25, 0.3) is 0 Å². The van der Waals surface area contributed by atoms with E-state index in [0.717, 1.165) is 17.7 Å². The summed E-state index contributed by atoms with van der Waals surface area (Å²) >= 11 is 1.98. The molecule has 0 saturated carbocycles. The minimum absolute atomic E-state index is 0.0474. The topological polar surface area (TPSA) is 52.7 Å². The highest BCUT2D eigenvalue weighted by Gasteiger charge is 2.24. The summed E-state index contributed by atoms with van der Waals surface area (Å²) in [4.78, 5) is 28.9. The first kappa shape index (κ1) is 20.7. The standard InChI is InChI=1S/C21H23FIN3O2/c1-2-15-5-3-4-6-19(15)24-20(27)14-25-9-11-26(12-10-25)21(28)17-8-7-16(22)13-18(17)23/h3-8,13H,2,9-12,14H2,1H3,(H,24,27). The number of piperazine rings is 1. The van der Waals surface area contributed by atoms with E-state index in [9.17, 15) is 14.0 Å². The van der Waals surface area contributed by atoms with Crippen molar-refractivity contribution in [1.82, 2.24) is 9.80 Å². The molecule has 0 aliphatic carbocycles. The smallest absolute Gasteiger partial charge is 0.255 e. The van der Waals surface area contributed by atoms with E-state index < -0.39 is 0 Å². The minimum atomic E-state index is -0.346. The third kappa shape index (κ3) is 5.08. The Bertz CT molecular complexity index is 866. The number of nitrogens with one attached hydrogen (secondary N) is 1. The van der Waals surface area contributed by atoms with Crippen molar-refractivity contribution in [2.75, 3.05) is 38.0 Å². The molecule has 5 nitrogen and oxygen atoms in total. The van der Waals surface area contributed by atoms with Gasteiger partial charge in [-0.05, 0) is 58.8 Å². The van der Waals surface area contributed by atoms with Crippen LogP contribution in [0.4, 0.5) is 10.1 Å². The summed E-state index contributed by atoms with van der Waals surface area (Å²) in [6.07, 6.45) is 0.861. The van der Waals surface area contributed by atoms with Crippen molar-refractivity contribution in [3.05, 3.63) is 63.0 Å². The fourth-order valence-corrected chi connectivity index (χ4v) is 3.99. The van der Waals surface area contributed by atoms with Crippen molar-refractivity contribution in [3.8, 4) is 0 Å². The number of hydrogen-bond acceptors (Lipinski definition) is 3. The van der Waals surface area contributed by atoms with Crippen molar-refractivity contribution in [1.29, 1.82) is 0 Å². The van der Waals surface area contributed by atoms with Crippen LogP contribution in [0.5, 0.6) is 0 Å². The number of carbonyl (C=O) groups is 2. The molecule has 2 aromatic rings. The van der Waals surface area contributed by atoms with E-state index in [1.54, 1.807) is 4.90 Å². The summed E-state index contributed by atoms with van der Waals surface area (Å²) in [6.45, 7) is 4.71. The summed E-state index contributed by atoms with van der Waals surface area (Å²) in [5.41, 5.74) is 2.49. The maximum Gasteiger partial charge on any atom is 0.255 e. The zero-order chi connectivity index (χ0) is 20.1. The normalized spacial score (nSPS) is 14.8. The quantitative estimate of drug-likeness (QED) is 0.648. The Hall–Kier alpha value is -2.00. The lowest BCUT2D eigenvalue weighted by Crippen LogP contribution is -2.50. The van der Waals surface area contributed by atoms with Gasteiger partial charge in [0, 0.05) is 35.4 Å². The second-order valence-electron chi connectivity index (χ2n) is 6.75. The van der Waals surface area contributed by atoms with Crippen LogP contribution in [0.2, 0.25) is 0 Å². The molecule has 2 aromatic carbocycles. The number of aryl methyl sites for hydroxylation is 1. The molecule has 1 aliphatic heterocycles. The van der Waals surface area contributed by atoms with E-state index in [1.165, 1.54) is 18.2 Å². The number of anilines is 1. The van der Waals surface area contributed by atoms with Gasteiger partial charge >= 0.3 is 0 Å². The SMILES string of the molecule is CCc1ccccc1NC(=O)CN1CCN(C(=O)c2ccc(F)cc2I)CC1. The molecule has 1 aliphatic rings. The van der Waals surface area contributed by atoms with Crippen LogP contribution in [0.1, 0.15) is 22.8 Å². The first-order chi connectivity index (χ1) is 13.5. The van der Waals surface area contributed by atoms with Gasteiger partial charge < -0.3 is 10.2 Å². The van der Waals surface area contributed by atoms with Gasteiger partial charge in [-0.25, -0.2) is 4.39 Å². The van der Waals surface area contributed by atoms with E-state index >= 15 is 0 Å². The van der Waals surface area contributed by atoms with Crippen molar-refractivity contribution >= 4 is 40.1 Å². The average Bonchev–Trinajstić information content (AvgIpc) is 2.68. The molecule has 1 N–H and O–H groups in total. The molecule has 0 unspecified atom stereocenters. The lowest BCUT2D eigenvalue weighted by molar-refractivity contribution is -0.117. The molecule has 0 spiro atoms. The Balaban J connectivity index is 1.52. The molecule has 0 aromatic heterocycles. The molecule has 148 valence electrons. The number of nitrogens with zero attached hydrogens (tertiary/aromatic N) is 2. The van der Waals surface area contributed by atoms with Crippen LogP contribution < -0.4 is 5.32 Å². The summed E-state index contributed by atoms with van der Waals surface area (Å²) < 4.78 is 13.9. The zero-order valence-corrected chi connectivity index (χ0v) is 17.9.